The molecule has 0 aliphatic heterocycles. The summed E-state index contributed by atoms with van der Waals surface area (Å²) in [6, 6.07) is 1.95. The van der Waals surface area contributed by atoms with Crippen LogP contribution in [0.25, 0.3) is 11.4 Å². The first-order valence-corrected chi connectivity index (χ1v) is 7.24. The van der Waals surface area contributed by atoms with Crippen molar-refractivity contribution in [3.63, 3.8) is 0 Å². The van der Waals surface area contributed by atoms with Crippen molar-refractivity contribution in [3.05, 3.63) is 18.1 Å². The van der Waals surface area contributed by atoms with Gasteiger partial charge in [0, 0.05) is 12.3 Å². The second kappa shape index (κ2) is 4.80. The Kier molecular flexibility index (Phi) is 3.16. The van der Waals surface area contributed by atoms with Crippen LogP contribution in [0.1, 0.15) is 31.4 Å². The summed E-state index contributed by atoms with van der Waals surface area (Å²) in [5.41, 5.74) is 1.03. The van der Waals surface area contributed by atoms with E-state index in [1.165, 1.54) is 25.7 Å². The molecule has 2 aromatic rings. The maximum absolute atomic E-state index is 5.33. The van der Waals surface area contributed by atoms with E-state index in [1.807, 2.05) is 31.8 Å². The van der Waals surface area contributed by atoms with Crippen molar-refractivity contribution >= 4 is 11.8 Å². The van der Waals surface area contributed by atoms with Crippen LogP contribution in [0.15, 0.2) is 21.9 Å². The summed E-state index contributed by atoms with van der Waals surface area (Å²) in [7, 11) is 2.03. The summed E-state index contributed by atoms with van der Waals surface area (Å²) in [5.74, 6) is 1.78. The van der Waals surface area contributed by atoms with Gasteiger partial charge in [0.1, 0.15) is 5.76 Å². The summed E-state index contributed by atoms with van der Waals surface area (Å²) in [4.78, 5) is 0. The Hall–Kier alpha value is -1.23. The van der Waals surface area contributed by atoms with E-state index in [-0.39, 0.29) is 0 Å². The Labute approximate surface area is 111 Å². The van der Waals surface area contributed by atoms with E-state index >= 15 is 0 Å². The molecule has 4 nitrogen and oxygen atoms in total. The summed E-state index contributed by atoms with van der Waals surface area (Å²) >= 11 is 1.86. The van der Waals surface area contributed by atoms with Gasteiger partial charge >= 0.3 is 0 Å². The second-order valence-corrected chi connectivity index (χ2v) is 6.05. The third-order valence-electron chi connectivity index (χ3n) is 3.51. The lowest BCUT2D eigenvalue weighted by atomic mass is 10.2. The van der Waals surface area contributed by atoms with Crippen LogP contribution in [-0.2, 0) is 7.05 Å². The van der Waals surface area contributed by atoms with Gasteiger partial charge in [-0.2, -0.15) is 0 Å². The number of hydrogen-bond donors (Lipinski definition) is 0. The Morgan fingerprint density at radius 2 is 2.11 bits per heavy atom. The van der Waals surface area contributed by atoms with Gasteiger partial charge in [-0.05, 0) is 25.8 Å². The van der Waals surface area contributed by atoms with Gasteiger partial charge in [-0.3, -0.25) is 0 Å². The standard InChI is InChI=1S/C13H17N3OS/c1-9-11(7-8-17-9)12-14-15-13(16(12)2)18-10-5-3-4-6-10/h7-8,10H,3-6H2,1-2H3. The number of rotatable bonds is 3. The number of aryl methyl sites for hydroxylation is 1. The fourth-order valence-corrected chi connectivity index (χ4v) is 3.62. The monoisotopic (exact) mass is 263 g/mol. The van der Waals surface area contributed by atoms with Crippen LogP contribution < -0.4 is 0 Å². The molecule has 0 amide bonds. The molecule has 2 aromatic heterocycles. The predicted molar refractivity (Wildman–Crippen MR) is 71.6 cm³/mol. The minimum absolute atomic E-state index is 0.714. The molecule has 0 unspecified atom stereocenters. The molecular weight excluding hydrogens is 246 g/mol. The zero-order valence-electron chi connectivity index (χ0n) is 10.7. The first kappa shape index (κ1) is 11.8. The highest BCUT2D eigenvalue weighted by Gasteiger charge is 2.21. The highest BCUT2D eigenvalue weighted by molar-refractivity contribution is 7.99. The van der Waals surface area contributed by atoms with Crippen LogP contribution in [0.3, 0.4) is 0 Å². The summed E-state index contributed by atoms with van der Waals surface area (Å²) in [6.45, 7) is 1.95. The molecule has 0 atom stereocenters. The Bertz CT molecular complexity index is 540. The molecule has 1 aliphatic carbocycles. The molecule has 0 N–H and O–H groups in total. The quantitative estimate of drug-likeness (QED) is 0.851. The number of nitrogens with zero attached hydrogens (tertiary/aromatic N) is 3. The van der Waals surface area contributed by atoms with Crippen LogP contribution in [0.2, 0.25) is 0 Å². The van der Waals surface area contributed by atoms with E-state index in [4.69, 9.17) is 4.42 Å². The van der Waals surface area contributed by atoms with Crippen molar-refractivity contribution in [2.75, 3.05) is 0 Å². The van der Waals surface area contributed by atoms with E-state index in [1.54, 1.807) is 6.26 Å². The first-order valence-electron chi connectivity index (χ1n) is 6.36. The molecule has 1 aliphatic rings. The molecule has 1 fully saturated rings. The lowest BCUT2D eigenvalue weighted by Crippen LogP contribution is -1.99. The maximum atomic E-state index is 5.33. The van der Waals surface area contributed by atoms with Gasteiger partial charge in [-0.1, -0.05) is 24.6 Å². The van der Waals surface area contributed by atoms with Gasteiger partial charge in [0.15, 0.2) is 11.0 Å². The van der Waals surface area contributed by atoms with Crippen molar-refractivity contribution in [2.45, 2.75) is 43.0 Å². The average molecular weight is 263 g/mol. The van der Waals surface area contributed by atoms with Crippen molar-refractivity contribution < 1.29 is 4.42 Å². The number of furan rings is 1. The molecule has 18 heavy (non-hydrogen) atoms. The van der Waals surface area contributed by atoms with Gasteiger partial charge in [0.2, 0.25) is 0 Å². The third kappa shape index (κ3) is 2.07. The molecule has 2 heterocycles. The van der Waals surface area contributed by atoms with Gasteiger partial charge < -0.3 is 8.98 Å². The normalized spacial score (nSPS) is 16.6. The largest absolute Gasteiger partial charge is 0.469 e. The van der Waals surface area contributed by atoms with Crippen molar-refractivity contribution in [2.24, 2.45) is 7.05 Å². The van der Waals surface area contributed by atoms with Crippen molar-refractivity contribution in [1.82, 2.24) is 14.8 Å². The molecule has 1 saturated carbocycles. The number of hydrogen-bond acceptors (Lipinski definition) is 4. The lowest BCUT2D eigenvalue weighted by molar-refractivity contribution is 0.534. The molecule has 0 bridgehead atoms. The van der Waals surface area contributed by atoms with Crippen molar-refractivity contribution in [3.8, 4) is 11.4 Å². The lowest BCUT2D eigenvalue weighted by Gasteiger charge is -2.07. The number of aromatic nitrogens is 3. The molecule has 96 valence electrons. The Morgan fingerprint density at radius 1 is 1.33 bits per heavy atom. The third-order valence-corrected chi connectivity index (χ3v) is 4.88. The van der Waals surface area contributed by atoms with E-state index in [2.05, 4.69) is 14.8 Å². The van der Waals surface area contributed by atoms with Gasteiger partial charge in [0.05, 0.1) is 11.8 Å². The van der Waals surface area contributed by atoms with E-state index in [0.717, 1.165) is 22.3 Å². The predicted octanol–water partition coefficient (Wildman–Crippen LogP) is 3.42. The molecule has 0 spiro atoms. The maximum Gasteiger partial charge on any atom is 0.191 e. The zero-order chi connectivity index (χ0) is 12.5. The van der Waals surface area contributed by atoms with Crippen molar-refractivity contribution in [1.29, 1.82) is 0 Å². The smallest absolute Gasteiger partial charge is 0.191 e. The van der Waals surface area contributed by atoms with E-state index < -0.39 is 0 Å². The Morgan fingerprint density at radius 3 is 2.78 bits per heavy atom. The van der Waals surface area contributed by atoms with Gasteiger partial charge in [-0.15, -0.1) is 10.2 Å². The highest BCUT2D eigenvalue weighted by atomic mass is 32.2. The summed E-state index contributed by atoms with van der Waals surface area (Å²) < 4.78 is 7.40. The molecule has 3 rings (SSSR count). The Balaban J connectivity index is 1.85. The fraction of sp³-hybridized carbons (Fsp3) is 0.538. The average Bonchev–Trinajstić information content (AvgIpc) is 3.05. The summed E-state index contributed by atoms with van der Waals surface area (Å²) in [5, 5.41) is 10.3. The minimum atomic E-state index is 0.714. The SMILES string of the molecule is Cc1occc1-c1nnc(SC2CCCC2)n1C. The topological polar surface area (TPSA) is 43.9 Å². The van der Waals surface area contributed by atoms with Crippen LogP contribution in [0, 0.1) is 6.92 Å². The van der Waals surface area contributed by atoms with Crippen LogP contribution in [0.4, 0.5) is 0 Å². The van der Waals surface area contributed by atoms with E-state index in [9.17, 15) is 0 Å². The van der Waals surface area contributed by atoms with Crippen LogP contribution in [-0.4, -0.2) is 20.0 Å². The molecule has 5 heteroatoms. The summed E-state index contributed by atoms with van der Waals surface area (Å²) in [6.07, 6.45) is 7.00. The number of thioether (sulfide) groups is 1. The first-order chi connectivity index (χ1) is 8.75. The van der Waals surface area contributed by atoms with Gasteiger partial charge in [0.25, 0.3) is 0 Å². The highest BCUT2D eigenvalue weighted by Crippen LogP contribution is 2.35. The second-order valence-electron chi connectivity index (χ2n) is 4.78. The fourth-order valence-electron chi connectivity index (χ4n) is 2.42. The van der Waals surface area contributed by atoms with E-state index in [0.29, 0.717) is 5.25 Å². The van der Waals surface area contributed by atoms with Gasteiger partial charge in [-0.25, -0.2) is 0 Å². The van der Waals surface area contributed by atoms with Crippen LogP contribution in [0.5, 0.6) is 0 Å². The molecule has 0 aromatic carbocycles. The minimum Gasteiger partial charge on any atom is -0.469 e. The molecule has 0 saturated heterocycles. The molecular formula is C13H17N3OS. The van der Waals surface area contributed by atoms with Crippen LogP contribution >= 0.6 is 11.8 Å². The zero-order valence-corrected chi connectivity index (χ0v) is 11.5. The molecule has 0 radical (unpaired) electrons.